The SMILES string of the molecule is CCc1nn(C)c(CN(CC)CCC(N)=NO)c1Cl. The maximum Gasteiger partial charge on any atom is 0.140 e. The number of amidine groups is 1. The Bertz CT molecular complexity index is 444. The van der Waals surface area contributed by atoms with Gasteiger partial charge in [-0.1, -0.05) is 30.6 Å². The third kappa shape index (κ3) is 4.11. The number of nitrogens with zero attached hydrogens (tertiary/aromatic N) is 4. The second-order valence-corrected chi connectivity index (χ2v) is 4.77. The van der Waals surface area contributed by atoms with E-state index in [2.05, 4.69) is 22.1 Å². The van der Waals surface area contributed by atoms with Gasteiger partial charge in [-0.2, -0.15) is 5.10 Å². The molecule has 0 aromatic carbocycles. The van der Waals surface area contributed by atoms with Crippen LogP contribution in [0.2, 0.25) is 5.02 Å². The van der Waals surface area contributed by atoms with Crippen LogP contribution in [0.5, 0.6) is 0 Å². The van der Waals surface area contributed by atoms with Crippen LogP contribution in [0.15, 0.2) is 5.16 Å². The fourth-order valence-corrected chi connectivity index (χ4v) is 2.23. The Morgan fingerprint density at radius 3 is 2.68 bits per heavy atom. The van der Waals surface area contributed by atoms with Crippen LogP contribution in [0.1, 0.15) is 31.7 Å². The molecule has 0 fully saturated rings. The van der Waals surface area contributed by atoms with Gasteiger partial charge in [0.25, 0.3) is 0 Å². The van der Waals surface area contributed by atoms with E-state index in [-0.39, 0.29) is 5.84 Å². The van der Waals surface area contributed by atoms with E-state index >= 15 is 0 Å². The predicted octanol–water partition coefficient (Wildman–Crippen LogP) is 1.59. The Kier molecular flexibility index (Phi) is 6.11. The minimum Gasteiger partial charge on any atom is -0.409 e. The number of aromatic nitrogens is 2. The van der Waals surface area contributed by atoms with Gasteiger partial charge >= 0.3 is 0 Å². The molecule has 0 radical (unpaired) electrons. The monoisotopic (exact) mass is 287 g/mol. The van der Waals surface area contributed by atoms with Crippen molar-refractivity contribution in [3.8, 4) is 0 Å². The van der Waals surface area contributed by atoms with E-state index in [9.17, 15) is 0 Å². The van der Waals surface area contributed by atoms with Gasteiger partial charge in [-0.25, -0.2) is 0 Å². The molecule has 1 aromatic rings. The van der Waals surface area contributed by atoms with Crippen molar-refractivity contribution in [2.75, 3.05) is 13.1 Å². The summed E-state index contributed by atoms with van der Waals surface area (Å²) in [6.07, 6.45) is 1.35. The normalized spacial score (nSPS) is 12.4. The predicted molar refractivity (Wildman–Crippen MR) is 76.6 cm³/mol. The standard InChI is InChI=1S/C12H22ClN5O/c1-4-9-12(13)10(17(3)15-9)8-18(5-2)7-6-11(14)16-19/h19H,4-8H2,1-3H3,(H2,14,16). The van der Waals surface area contributed by atoms with Gasteiger partial charge in [0.15, 0.2) is 0 Å². The second-order valence-electron chi connectivity index (χ2n) is 4.39. The molecule has 108 valence electrons. The molecule has 1 rings (SSSR count). The summed E-state index contributed by atoms with van der Waals surface area (Å²) in [6, 6.07) is 0. The lowest BCUT2D eigenvalue weighted by atomic mass is 10.2. The van der Waals surface area contributed by atoms with Crippen LogP contribution in [0.25, 0.3) is 0 Å². The van der Waals surface area contributed by atoms with Crippen LogP contribution in [-0.4, -0.2) is 38.8 Å². The van der Waals surface area contributed by atoms with Crippen molar-refractivity contribution in [1.82, 2.24) is 14.7 Å². The summed E-state index contributed by atoms with van der Waals surface area (Å²) >= 11 is 6.32. The molecule has 3 N–H and O–H groups in total. The quantitative estimate of drug-likeness (QED) is 0.345. The Balaban J connectivity index is 2.73. The van der Waals surface area contributed by atoms with Crippen LogP contribution < -0.4 is 5.73 Å². The smallest absolute Gasteiger partial charge is 0.140 e. The van der Waals surface area contributed by atoms with Gasteiger partial charge < -0.3 is 10.9 Å². The van der Waals surface area contributed by atoms with Crippen LogP contribution in [-0.2, 0) is 20.0 Å². The van der Waals surface area contributed by atoms with Crippen LogP contribution in [0.3, 0.4) is 0 Å². The van der Waals surface area contributed by atoms with Crippen molar-refractivity contribution in [3.63, 3.8) is 0 Å². The molecule has 1 heterocycles. The number of halogens is 1. The Hall–Kier alpha value is -1.27. The van der Waals surface area contributed by atoms with Crippen molar-refractivity contribution in [2.24, 2.45) is 17.9 Å². The first-order chi connectivity index (χ1) is 9.03. The van der Waals surface area contributed by atoms with Crippen molar-refractivity contribution < 1.29 is 5.21 Å². The van der Waals surface area contributed by atoms with Crippen molar-refractivity contribution in [3.05, 3.63) is 16.4 Å². The van der Waals surface area contributed by atoms with Crippen molar-refractivity contribution >= 4 is 17.4 Å². The van der Waals surface area contributed by atoms with Gasteiger partial charge in [-0.3, -0.25) is 9.58 Å². The zero-order chi connectivity index (χ0) is 14.4. The summed E-state index contributed by atoms with van der Waals surface area (Å²) < 4.78 is 1.83. The molecule has 0 aliphatic carbocycles. The first kappa shape index (κ1) is 15.8. The maximum atomic E-state index is 8.54. The van der Waals surface area contributed by atoms with Crippen molar-refractivity contribution in [1.29, 1.82) is 0 Å². The fraction of sp³-hybridized carbons (Fsp3) is 0.667. The van der Waals surface area contributed by atoms with E-state index in [1.54, 1.807) is 0 Å². The Morgan fingerprint density at radius 2 is 2.21 bits per heavy atom. The molecule has 0 bridgehead atoms. The van der Waals surface area contributed by atoms with Gasteiger partial charge in [-0.15, -0.1) is 0 Å². The largest absolute Gasteiger partial charge is 0.409 e. The van der Waals surface area contributed by atoms with Gasteiger partial charge in [0.05, 0.1) is 16.4 Å². The van der Waals surface area contributed by atoms with Gasteiger partial charge in [0, 0.05) is 26.6 Å². The number of hydrogen-bond donors (Lipinski definition) is 2. The lowest BCUT2D eigenvalue weighted by Gasteiger charge is -2.20. The zero-order valence-corrected chi connectivity index (χ0v) is 12.5. The summed E-state index contributed by atoms with van der Waals surface area (Å²) in [5.74, 6) is 0.240. The Morgan fingerprint density at radius 1 is 1.53 bits per heavy atom. The number of aryl methyl sites for hydroxylation is 2. The molecule has 6 nitrogen and oxygen atoms in total. The average Bonchev–Trinajstić information content (AvgIpc) is 2.69. The van der Waals surface area contributed by atoms with Crippen LogP contribution in [0, 0.1) is 0 Å². The highest BCUT2D eigenvalue weighted by Gasteiger charge is 2.15. The molecule has 0 amide bonds. The molecule has 0 aliphatic heterocycles. The lowest BCUT2D eigenvalue weighted by Crippen LogP contribution is -2.28. The topological polar surface area (TPSA) is 79.7 Å². The van der Waals surface area contributed by atoms with E-state index in [1.807, 2.05) is 18.7 Å². The van der Waals surface area contributed by atoms with E-state index in [1.165, 1.54) is 0 Å². The summed E-state index contributed by atoms with van der Waals surface area (Å²) in [4.78, 5) is 2.18. The number of oxime groups is 1. The molecule has 0 saturated heterocycles. The second kappa shape index (κ2) is 7.35. The van der Waals surface area contributed by atoms with Gasteiger partial charge in [0.2, 0.25) is 0 Å². The molecule has 7 heteroatoms. The first-order valence-corrected chi connectivity index (χ1v) is 6.80. The molecule has 1 aromatic heterocycles. The first-order valence-electron chi connectivity index (χ1n) is 6.42. The molecule has 0 aliphatic rings. The maximum absolute atomic E-state index is 8.54. The number of hydrogen-bond acceptors (Lipinski definition) is 4. The minimum absolute atomic E-state index is 0.240. The summed E-state index contributed by atoms with van der Waals surface area (Å²) in [5.41, 5.74) is 7.41. The van der Waals surface area contributed by atoms with E-state index in [0.29, 0.717) is 13.0 Å². The van der Waals surface area contributed by atoms with Crippen molar-refractivity contribution in [2.45, 2.75) is 33.2 Å². The van der Waals surface area contributed by atoms with Gasteiger partial charge in [0.1, 0.15) is 5.84 Å². The number of rotatable bonds is 7. The minimum atomic E-state index is 0.240. The molecule has 0 spiro atoms. The summed E-state index contributed by atoms with van der Waals surface area (Å²) in [5, 5.41) is 16.7. The van der Waals surface area contributed by atoms with E-state index in [0.717, 1.165) is 35.9 Å². The highest BCUT2D eigenvalue weighted by atomic mass is 35.5. The van der Waals surface area contributed by atoms with Gasteiger partial charge in [-0.05, 0) is 13.0 Å². The molecular weight excluding hydrogens is 266 g/mol. The van der Waals surface area contributed by atoms with Crippen LogP contribution >= 0.6 is 11.6 Å². The third-order valence-corrected chi connectivity index (χ3v) is 3.57. The molecular formula is C12H22ClN5O. The molecule has 0 atom stereocenters. The molecule has 19 heavy (non-hydrogen) atoms. The number of nitrogens with two attached hydrogens (primary N) is 1. The molecule has 0 unspecified atom stereocenters. The lowest BCUT2D eigenvalue weighted by molar-refractivity contribution is 0.276. The summed E-state index contributed by atoms with van der Waals surface area (Å²) in [6.45, 7) is 6.39. The van der Waals surface area contributed by atoms with Crippen LogP contribution in [0.4, 0.5) is 0 Å². The van der Waals surface area contributed by atoms with E-state index in [4.69, 9.17) is 22.5 Å². The fourth-order valence-electron chi connectivity index (χ4n) is 1.88. The third-order valence-electron chi connectivity index (χ3n) is 3.14. The highest BCUT2D eigenvalue weighted by Crippen LogP contribution is 2.22. The molecule has 0 saturated carbocycles. The summed E-state index contributed by atoms with van der Waals surface area (Å²) in [7, 11) is 1.90. The average molecular weight is 288 g/mol. The highest BCUT2D eigenvalue weighted by molar-refractivity contribution is 6.31. The Labute approximate surface area is 118 Å². The van der Waals surface area contributed by atoms with E-state index < -0.39 is 0 Å². The zero-order valence-electron chi connectivity index (χ0n) is 11.7.